The summed E-state index contributed by atoms with van der Waals surface area (Å²) in [6.45, 7) is 1.62. The van der Waals surface area contributed by atoms with Crippen molar-refractivity contribution >= 4 is 17.7 Å². The fraction of sp³-hybridized carbons (Fsp3) is 0.583. The van der Waals surface area contributed by atoms with Gasteiger partial charge in [0.1, 0.15) is 5.82 Å². The Morgan fingerprint density at radius 2 is 2.39 bits per heavy atom. The average Bonchev–Trinajstić information content (AvgIpc) is 2.77. The van der Waals surface area contributed by atoms with Crippen molar-refractivity contribution in [3.05, 3.63) is 12.3 Å². The van der Waals surface area contributed by atoms with E-state index in [4.69, 9.17) is 5.11 Å². The fourth-order valence-corrected chi connectivity index (χ4v) is 2.19. The molecule has 6 nitrogen and oxygen atoms in total. The van der Waals surface area contributed by atoms with E-state index in [-0.39, 0.29) is 12.3 Å². The van der Waals surface area contributed by atoms with E-state index in [0.29, 0.717) is 5.95 Å². The summed E-state index contributed by atoms with van der Waals surface area (Å²) in [5.74, 6) is 1.05. The molecule has 6 heteroatoms. The summed E-state index contributed by atoms with van der Waals surface area (Å²) >= 11 is 0. The molecule has 0 amide bonds. The minimum atomic E-state index is -0.724. The Morgan fingerprint density at radius 1 is 1.61 bits per heavy atom. The molecule has 0 spiro atoms. The van der Waals surface area contributed by atoms with E-state index in [0.717, 1.165) is 25.3 Å². The molecule has 1 aliphatic rings. The van der Waals surface area contributed by atoms with Gasteiger partial charge >= 0.3 is 5.97 Å². The van der Waals surface area contributed by atoms with E-state index in [9.17, 15) is 4.79 Å². The molecule has 2 heterocycles. The predicted octanol–water partition coefficient (Wildman–Crippen LogP) is 0.844. The average molecular weight is 250 g/mol. The highest BCUT2D eigenvalue weighted by Gasteiger charge is 2.25. The zero-order chi connectivity index (χ0) is 13.1. The van der Waals surface area contributed by atoms with Gasteiger partial charge in [0.15, 0.2) is 0 Å². The number of nitrogens with zero attached hydrogens (tertiary/aromatic N) is 4. The van der Waals surface area contributed by atoms with Crippen LogP contribution in [0.3, 0.4) is 0 Å². The molecule has 0 aromatic carbocycles. The molecule has 1 atom stereocenters. The summed E-state index contributed by atoms with van der Waals surface area (Å²) in [6.07, 6.45) is 2.89. The topological polar surface area (TPSA) is 69.6 Å². The molecular formula is C12H18N4O2. The number of hydrogen-bond acceptors (Lipinski definition) is 5. The van der Waals surface area contributed by atoms with Gasteiger partial charge in [0.25, 0.3) is 0 Å². The first-order valence-corrected chi connectivity index (χ1v) is 6.03. The van der Waals surface area contributed by atoms with E-state index in [1.807, 2.05) is 25.1 Å². The van der Waals surface area contributed by atoms with Crippen LogP contribution in [0.4, 0.5) is 11.8 Å². The van der Waals surface area contributed by atoms with Crippen LogP contribution in [-0.4, -0.2) is 48.2 Å². The SMILES string of the molecule is CN(C)c1nccc(N2CCC(CC(=O)O)C2)n1. The zero-order valence-electron chi connectivity index (χ0n) is 10.7. The van der Waals surface area contributed by atoms with Crippen LogP contribution in [0.2, 0.25) is 0 Å². The van der Waals surface area contributed by atoms with Gasteiger partial charge in [-0.05, 0) is 18.4 Å². The molecular weight excluding hydrogens is 232 g/mol. The van der Waals surface area contributed by atoms with Gasteiger partial charge in [-0.25, -0.2) is 4.98 Å². The van der Waals surface area contributed by atoms with Gasteiger partial charge in [0.2, 0.25) is 5.95 Å². The first kappa shape index (κ1) is 12.6. The molecule has 1 N–H and O–H groups in total. The van der Waals surface area contributed by atoms with Crippen molar-refractivity contribution in [3.63, 3.8) is 0 Å². The highest BCUT2D eigenvalue weighted by Crippen LogP contribution is 2.24. The highest BCUT2D eigenvalue weighted by atomic mass is 16.4. The van der Waals surface area contributed by atoms with Gasteiger partial charge in [-0.2, -0.15) is 4.98 Å². The van der Waals surface area contributed by atoms with Gasteiger partial charge in [0.05, 0.1) is 0 Å². The third kappa shape index (κ3) is 2.88. The van der Waals surface area contributed by atoms with Crippen molar-refractivity contribution in [2.75, 3.05) is 37.0 Å². The number of hydrogen-bond donors (Lipinski definition) is 1. The minimum absolute atomic E-state index is 0.222. The van der Waals surface area contributed by atoms with Crippen molar-refractivity contribution in [3.8, 4) is 0 Å². The number of carboxylic acids is 1. The Hall–Kier alpha value is -1.85. The number of carbonyl (C=O) groups is 1. The number of carboxylic acid groups (broad SMARTS) is 1. The number of anilines is 2. The minimum Gasteiger partial charge on any atom is -0.481 e. The van der Waals surface area contributed by atoms with Crippen LogP contribution in [0.1, 0.15) is 12.8 Å². The molecule has 0 bridgehead atoms. The van der Waals surface area contributed by atoms with Gasteiger partial charge in [0, 0.05) is 39.8 Å². The maximum atomic E-state index is 10.7. The lowest BCUT2D eigenvalue weighted by Crippen LogP contribution is -2.23. The lowest BCUT2D eigenvalue weighted by molar-refractivity contribution is -0.137. The quantitative estimate of drug-likeness (QED) is 0.854. The van der Waals surface area contributed by atoms with E-state index in [1.165, 1.54) is 0 Å². The molecule has 18 heavy (non-hydrogen) atoms. The van der Waals surface area contributed by atoms with Crippen LogP contribution >= 0.6 is 0 Å². The molecule has 98 valence electrons. The molecule has 1 saturated heterocycles. The second-order valence-corrected chi connectivity index (χ2v) is 4.81. The summed E-state index contributed by atoms with van der Waals surface area (Å²) in [5.41, 5.74) is 0. The Bertz CT molecular complexity index is 436. The Labute approximate surface area is 106 Å². The number of rotatable bonds is 4. The summed E-state index contributed by atoms with van der Waals surface area (Å²) < 4.78 is 0. The maximum absolute atomic E-state index is 10.7. The zero-order valence-corrected chi connectivity index (χ0v) is 10.7. The molecule has 0 saturated carbocycles. The van der Waals surface area contributed by atoms with Crippen molar-refractivity contribution in [1.29, 1.82) is 0 Å². The summed E-state index contributed by atoms with van der Waals surface area (Å²) in [5, 5.41) is 8.80. The lowest BCUT2D eigenvalue weighted by atomic mass is 10.1. The fourth-order valence-electron chi connectivity index (χ4n) is 2.19. The van der Waals surface area contributed by atoms with Crippen molar-refractivity contribution in [2.24, 2.45) is 5.92 Å². The summed E-state index contributed by atoms with van der Waals surface area (Å²) in [6, 6.07) is 1.87. The van der Waals surface area contributed by atoms with Crippen LogP contribution in [0.25, 0.3) is 0 Å². The van der Waals surface area contributed by atoms with Crippen LogP contribution in [0.15, 0.2) is 12.3 Å². The van der Waals surface area contributed by atoms with Crippen molar-refractivity contribution < 1.29 is 9.90 Å². The smallest absolute Gasteiger partial charge is 0.303 e. The van der Waals surface area contributed by atoms with Crippen molar-refractivity contribution in [1.82, 2.24) is 9.97 Å². The molecule has 0 radical (unpaired) electrons. The second kappa shape index (κ2) is 5.20. The Morgan fingerprint density at radius 3 is 3.06 bits per heavy atom. The van der Waals surface area contributed by atoms with Crippen LogP contribution in [0, 0.1) is 5.92 Å². The molecule has 0 aliphatic carbocycles. The van der Waals surface area contributed by atoms with Crippen molar-refractivity contribution in [2.45, 2.75) is 12.8 Å². The third-order valence-corrected chi connectivity index (χ3v) is 3.10. The number of aromatic nitrogens is 2. The predicted molar refractivity (Wildman–Crippen MR) is 68.9 cm³/mol. The third-order valence-electron chi connectivity index (χ3n) is 3.10. The van der Waals surface area contributed by atoms with Crippen LogP contribution in [0.5, 0.6) is 0 Å². The highest BCUT2D eigenvalue weighted by molar-refractivity contribution is 5.67. The standard InChI is InChI=1S/C12H18N4O2/c1-15(2)12-13-5-3-10(14-12)16-6-4-9(8-16)7-11(17)18/h3,5,9H,4,6-8H2,1-2H3,(H,17,18). The van der Waals surface area contributed by atoms with E-state index in [2.05, 4.69) is 14.9 Å². The Kier molecular flexibility index (Phi) is 3.64. The van der Waals surface area contributed by atoms with Gasteiger partial charge in [-0.3, -0.25) is 4.79 Å². The molecule has 2 rings (SSSR count). The first-order valence-electron chi connectivity index (χ1n) is 6.03. The van der Waals surface area contributed by atoms with Gasteiger partial charge < -0.3 is 14.9 Å². The summed E-state index contributed by atoms with van der Waals surface area (Å²) in [4.78, 5) is 23.3. The second-order valence-electron chi connectivity index (χ2n) is 4.81. The van der Waals surface area contributed by atoms with E-state index < -0.39 is 5.97 Å². The Balaban J connectivity index is 2.05. The molecule has 1 fully saturated rings. The normalized spacial score (nSPS) is 19.0. The van der Waals surface area contributed by atoms with Gasteiger partial charge in [-0.15, -0.1) is 0 Å². The molecule has 1 aromatic rings. The van der Waals surface area contributed by atoms with E-state index >= 15 is 0 Å². The molecule has 1 aliphatic heterocycles. The lowest BCUT2D eigenvalue weighted by Gasteiger charge is -2.19. The first-order chi connectivity index (χ1) is 8.56. The van der Waals surface area contributed by atoms with Crippen LogP contribution < -0.4 is 9.80 Å². The van der Waals surface area contributed by atoms with Crippen LogP contribution in [-0.2, 0) is 4.79 Å². The molecule has 1 unspecified atom stereocenters. The van der Waals surface area contributed by atoms with E-state index in [1.54, 1.807) is 6.20 Å². The molecule has 1 aromatic heterocycles. The largest absolute Gasteiger partial charge is 0.481 e. The monoisotopic (exact) mass is 250 g/mol. The van der Waals surface area contributed by atoms with Gasteiger partial charge in [-0.1, -0.05) is 0 Å². The maximum Gasteiger partial charge on any atom is 0.303 e. The number of aliphatic carboxylic acids is 1. The summed E-state index contributed by atoms with van der Waals surface area (Å²) in [7, 11) is 3.80.